The molecule has 0 amide bonds. The molecule has 2 aromatic carbocycles. The number of rotatable bonds is 5. The van der Waals surface area contributed by atoms with Gasteiger partial charge in [0.15, 0.2) is 0 Å². The molecule has 0 saturated carbocycles. The second kappa shape index (κ2) is 7.44. The van der Waals surface area contributed by atoms with E-state index in [1.807, 2.05) is 42.5 Å². The normalized spacial score (nSPS) is 11.2. The van der Waals surface area contributed by atoms with Gasteiger partial charge < -0.3 is 0 Å². The standard InChI is InChI=1S/C17H13ClFN3S/c18-14-7-4-8-15(19)13(14)11-23-17-20-16(21-22-17)10-9-12-5-2-1-3-6-12/h1-10H,11H2,(H,20,21,22)/b10-9+. The highest BCUT2D eigenvalue weighted by Crippen LogP contribution is 2.26. The van der Waals surface area contributed by atoms with Crippen LogP contribution in [0.2, 0.25) is 5.02 Å². The number of nitrogens with one attached hydrogen (secondary N) is 1. The smallest absolute Gasteiger partial charge is 0.209 e. The maximum absolute atomic E-state index is 13.7. The first-order chi connectivity index (χ1) is 11.2. The van der Waals surface area contributed by atoms with Crippen molar-refractivity contribution in [3.05, 3.63) is 76.3 Å². The molecular weight excluding hydrogens is 333 g/mol. The molecule has 0 spiro atoms. The number of halogens is 2. The highest BCUT2D eigenvalue weighted by Gasteiger charge is 2.09. The fourth-order valence-electron chi connectivity index (χ4n) is 1.94. The van der Waals surface area contributed by atoms with Crippen molar-refractivity contribution < 1.29 is 4.39 Å². The van der Waals surface area contributed by atoms with E-state index in [2.05, 4.69) is 15.2 Å². The Morgan fingerprint density at radius 1 is 1.09 bits per heavy atom. The number of aromatic amines is 1. The molecule has 0 saturated heterocycles. The molecule has 1 heterocycles. The molecule has 1 aromatic heterocycles. The zero-order chi connectivity index (χ0) is 16.1. The second-order valence-electron chi connectivity index (χ2n) is 4.74. The van der Waals surface area contributed by atoms with Crippen molar-refractivity contribution in [2.75, 3.05) is 0 Å². The van der Waals surface area contributed by atoms with Gasteiger partial charge in [-0.15, -0.1) is 5.10 Å². The van der Waals surface area contributed by atoms with E-state index in [-0.39, 0.29) is 5.82 Å². The molecule has 23 heavy (non-hydrogen) atoms. The van der Waals surface area contributed by atoms with Crippen LogP contribution in [0.15, 0.2) is 53.7 Å². The number of hydrogen-bond donors (Lipinski definition) is 1. The Labute approximate surface area is 142 Å². The van der Waals surface area contributed by atoms with Crippen molar-refractivity contribution in [3.8, 4) is 0 Å². The van der Waals surface area contributed by atoms with E-state index in [9.17, 15) is 4.39 Å². The topological polar surface area (TPSA) is 41.6 Å². The molecule has 3 nitrogen and oxygen atoms in total. The number of nitrogens with zero attached hydrogens (tertiary/aromatic N) is 2. The summed E-state index contributed by atoms with van der Waals surface area (Å²) in [6, 6.07) is 14.6. The summed E-state index contributed by atoms with van der Waals surface area (Å²) in [7, 11) is 0. The van der Waals surface area contributed by atoms with E-state index in [1.54, 1.807) is 12.1 Å². The minimum atomic E-state index is -0.315. The largest absolute Gasteiger partial charge is 0.259 e. The third-order valence-electron chi connectivity index (χ3n) is 3.12. The fraction of sp³-hybridized carbons (Fsp3) is 0.0588. The van der Waals surface area contributed by atoms with Crippen LogP contribution in [0.3, 0.4) is 0 Å². The van der Waals surface area contributed by atoms with E-state index in [0.29, 0.717) is 27.3 Å². The van der Waals surface area contributed by atoms with Crippen LogP contribution in [-0.4, -0.2) is 15.2 Å². The third kappa shape index (κ3) is 4.21. The third-order valence-corrected chi connectivity index (χ3v) is 4.35. The highest BCUT2D eigenvalue weighted by molar-refractivity contribution is 7.98. The van der Waals surface area contributed by atoms with E-state index in [4.69, 9.17) is 11.6 Å². The predicted octanol–water partition coefficient (Wildman–Crippen LogP) is 5.06. The Morgan fingerprint density at radius 2 is 1.91 bits per heavy atom. The summed E-state index contributed by atoms with van der Waals surface area (Å²) in [5, 5.41) is 7.93. The summed E-state index contributed by atoms with van der Waals surface area (Å²) in [6.07, 6.45) is 3.80. The van der Waals surface area contributed by atoms with Crippen LogP contribution in [0, 0.1) is 5.82 Å². The van der Waals surface area contributed by atoms with Crippen molar-refractivity contribution in [2.24, 2.45) is 0 Å². The molecule has 116 valence electrons. The van der Waals surface area contributed by atoms with Gasteiger partial charge in [0.2, 0.25) is 5.16 Å². The summed E-state index contributed by atoms with van der Waals surface area (Å²) in [5.41, 5.74) is 1.54. The van der Waals surface area contributed by atoms with Gasteiger partial charge in [0, 0.05) is 16.3 Å². The zero-order valence-electron chi connectivity index (χ0n) is 12.0. The second-order valence-corrected chi connectivity index (χ2v) is 6.09. The molecule has 0 fully saturated rings. The lowest BCUT2D eigenvalue weighted by Gasteiger charge is -2.03. The van der Waals surface area contributed by atoms with Gasteiger partial charge >= 0.3 is 0 Å². The number of hydrogen-bond acceptors (Lipinski definition) is 3. The van der Waals surface area contributed by atoms with Crippen LogP contribution in [0.25, 0.3) is 12.2 Å². The molecule has 6 heteroatoms. The molecule has 0 unspecified atom stereocenters. The van der Waals surface area contributed by atoms with E-state index >= 15 is 0 Å². The lowest BCUT2D eigenvalue weighted by molar-refractivity contribution is 0.617. The van der Waals surface area contributed by atoms with E-state index < -0.39 is 0 Å². The van der Waals surface area contributed by atoms with E-state index in [0.717, 1.165) is 5.56 Å². The monoisotopic (exact) mass is 345 g/mol. The minimum absolute atomic E-state index is 0.315. The lowest BCUT2D eigenvalue weighted by atomic mass is 10.2. The summed E-state index contributed by atoms with van der Waals surface area (Å²) in [5.74, 6) is 0.714. The fourth-order valence-corrected chi connectivity index (χ4v) is 3.09. The van der Waals surface area contributed by atoms with Crippen molar-refractivity contribution in [1.29, 1.82) is 0 Å². The van der Waals surface area contributed by atoms with Crippen LogP contribution < -0.4 is 0 Å². The summed E-state index contributed by atoms with van der Waals surface area (Å²) < 4.78 is 13.7. The van der Waals surface area contributed by atoms with Gasteiger partial charge in [0.25, 0.3) is 0 Å². The number of H-pyrrole nitrogens is 1. The average molecular weight is 346 g/mol. The van der Waals surface area contributed by atoms with Gasteiger partial charge in [0.05, 0.1) is 0 Å². The molecule has 0 aliphatic heterocycles. The Hall–Kier alpha value is -2.11. The molecule has 0 bridgehead atoms. The van der Waals surface area contributed by atoms with Crippen LogP contribution in [-0.2, 0) is 5.75 Å². The molecular formula is C17H13ClFN3S. The molecule has 1 N–H and O–H groups in total. The zero-order valence-corrected chi connectivity index (χ0v) is 13.6. The molecule has 0 atom stereocenters. The Balaban J connectivity index is 1.65. The number of thioether (sulfide) groups is 1. The lowest BCUT2D eigenvalue weighted by Crippen LogP contribution is -1.89. The van der Waals surface area contributed by atoms with Gasteiger partial charge in [-0.25, -0.2) is 9.37 Å². The first kappa shape index (κ1) is 15.8. The number of aromatic nitrogens is 3. The average Bonchev–Trinajstić information content (AvgIpc) is 3.01. The van der Waals surface area contributed by atoms with Gasteiger partial charge in [0.1, 0.15) is 11.6 Å². The van der Waals surface area contributed by atoms with Crippen LogP contribution >= 0.6 is 23.4 Å². The minimum Gasteiger partial charge on any atom is -0.259 e. The molecule has 3 rings (SSSR count). The molecule has 0 aliphatic carbocycles. The van der Waals surface area contributed by atoms with Crippen LogP contribution in [0.4, 0.5) is 4.39 Å². The quantitative estimate of drug-likeness (QED) is 0.657. The predicted molar refractivity (Wildman–Crippen MR) is 92.7 cm³/mol. The van der Waals surface area contributed by atoms with Gasteiger partial charge in [-0.05, 0) is 23.8 Å². The highest BCUT2D eigenvalue weighted by atomic mass is 35.5. The molecule has 0 aliphatic rings. The maximum atomic E-state index is 13.7. The Kier molecular flexibility index (Phi) is 5.10. The van der Waals surface area contributed by atoms with Crippen molar-refractivity contribution in [2.45, 2.75) is 10.9 Å². The summed E-state index contributed by atoms with van der Waals surface area (Å²) in [6.45, 7) is 0. The first-order valence-corrected chi connectivity index (χ1v) is 8.30. The van der Waals surface area contributed by atoms with Crippen molar-refractivity contribution in [3.63, 3.8) is 0 Å². The van der Waals surface area contributed by atoms with E-state index in [1.165, 1.54) is 17.8 Å². The van der Waals surface area contributed by atoms with Gasteiger partial charge in [-0.3, -0.25) is 5.10 Å². The number of benzene rings is 2. The first-order valence-electron chi connectivity index (χ1n) is 6.93. The van der Waals surface area contributed by atoms with Gasteiger partial charge in [-0.1, -0.05) is 65.8 Å². The van der Waals surface area contributed by atoms with Gasteiger partial charge in [-0.2, -0.15) is 0 Å². The summed E-state index contributed by atoms with van der Waals surface area (Å²) in [4.78, 5) is 4.34. The molecule has 3 aromatic rings. The maximum Gasteiger partial charge on any atom is 0.209 e. The van der Waals surface area contributed by atoms with Crippen LogP contribution in [0.1, 0.15) is 17.0 Å². The Morgan fingerprint density at radius 3 is 2.70 bits per heavy atom. The SMILES string of the molecule is Fc1cccc(Cl)c1CSc1n[nH]c(/C=C/c2ccccc2)n1. The van der Waals surface area contributed by atoms with Crippen molar-refractivity contribution >= 4 is 35.5 Å². The summed E-state index contributed by atoms with van der Waals surface area (Å²) >= 11 is 7.34. The van der Waals surface area contributed by atoms with Crippen molar-refractivity contribution in [1.82, 2.24) is 15.2 Å². The Bertz CT molecular complexity index is 797. The molecule has 0 radical (unpaired) electrons. The van der Waals surface area contributed by atoms with Crippen LogP contribution in [0.5, 0.6) is 0 Å².